The third-order valence-corrected chi connectivity index (χ3v) is 5.77. The van der Waals surface area contributed by atoms with Crippen molar-refractivity contribution in [1.29, 1.82) is 0 Å². The highest BCUT2D eigenvalue weighted by atomic mass is 16.7. The molecule has 4 rings (SSSR count). The van der Waals surface area contributed by atoms with Crippen molar-refractivity contribution in [2.75, 3.05) is 46.0 Å². The van der Waals surface area contributed by atoms with Gasteiger partial charge in [-0.05, 0) is 50.5 Å². The van der Waals surface area contributed by atoms with E-state index in [1.807, 2.05) is 0 Å². The molecule has 6 nitrogen and oxygen atoms in total. The molecule has 4 aliphatic heterocycles. The first-order valence-electron chi connectivity index (χ1n) is 9.19. The van der Waals surface area contributed by atoms with Gasteiger partial charge < -0.3 is 14.4 Å². The van der Waals surface area contributed by atoms with E-state index in [1.54, 1.807) is 0 Å². The maximum absolute atomic E-state index is 12.4. The molecule has 0 aromatic carbocycles. The van der Waals surface area contributed by atoms with Crippen molar-refractivity contribution in [2.45, 2.75) is 44.3 Å². The molecule has 0 unspecified atom stereocenters. The van der Waals surface area contributed by atoms with Crippen molar-refractivity contribution in [3.05, 3.63) is 0 Å². The first-order valence-corrected chi connectivity index (χ1v) is 9.19. The van der Waals surface area contributed by atoms with Crippen LogP contribution in [-0.4, -0.2) is 74.1 Å². The normalized spacial score (nSPS) is 36.3. The van der Waals surface area contributed by atoms with Crippen LogP contribution in [0.1, 0.15) is 32.1 Å². The number of amides is 1. The van der Waals surface area contributed by atoms with Crippen molar-refractivity contribution < 1.29 is 19.1 Å². The fraction of sp³-hybridized carbons (Fsp3) is 0.941. The lowest BCUT2D eigenvalue weighted by atomic mass is 9.90. The van der Waals surface area contributed by atoms with Gasteiger partial charge in [-0.1, -0.05) is 0 Å². The van der Waals surface area contributed by atoms with Crippen LogP contribution in [0.3, 0.4) is 0 Å². The number of hydrogen-bond acceptors (Lipinski definition) is 5. The van der Waals surface area contributed by atoms with Crippen LogP contribution in [0, 0.1) is 11.8 Å². The van der Waals surface area contributed by atoms with Gasteiger partial charge in [0.25, 0.3) is 5.91 Å². The summed E-state index contributed by atoms with van der Waals surface area (Å²) in [5.74, 6) is 1.34. The fourth-order valence-electron chi connectivity index (χ4n) is 4.40. The van der Waals surface area contributed by atoms with Crippen molar-refractivity contribution in [1.82, 2.24) is 9.96 Å². The molecule has 130 valence electrons. The maximum atomic E-state index is 12.4. The second-order valence-corrected chi connectivity index (χ2v) is 7.39. The van der Waals surface area contributed by atoms with E-state index in [9.17, 15) is 4.79 Å². The molecule has 1 amide bonds. The van der Waals surface area contributed by atoms with Gasteiger partial charge in [-0.3, -0.25) is 9.63 Å². The summed E-state index contributed by atoms with van der Waals surface area (Å²) in [6.07, 6.45) is 5.25. The van der Waals surface area contributed by atoms with Gasteiger partial charge in [0.05, 0.1) is 19.3 Å². The Morgan fingerprint density at radius 1 is 1.09 bits per heavy atom. The molecule has 0 saturated carbocycles. The number of piperidine rings is 1. The highest BCUT2D eigenvalue weighted by Crippen LogP contribution is 2.35. The number of hydrogen-bond donors (Lipinski definition) is 0. The minimum Gasteiger partial charge on any atom is -0.381 e. The first kappa shape index (κ1) is 15.8. The lowest BCUT2D eigenvalue weighted by Crippen LogP contribution is -2.45. The van der Waals surface area contributed by atoms with Crippen LogP contribution in [0.2, 0.25) is 0 Å². The Labute approximate surface area is 138 Å². The van der Waals surface area contributed by atoms with Crippen LogP contribution in [0.4, 0.5) is 0 Å². The summed E-state index contributed by atoms with van der Waals surface area (Å²) in [7, 11) is 0. The minimum atomic E-state index is -0.286. The highest BCUT2D eigenvalue weighted by Gasteiger charge is 2.43. The molecule has 3 atom stereocenters. The molecule has 0 spiro atoms. The molecule has 4 saturated heterocycles. The van der Waals surface area contributed by atoms with Crippen molar-refractivity contribution in [2.24, 2.45) is 11.8 Å². The average Bonchev–Trinajstić information content (AvgIpc) is 3.24. The Kier molecular flexibility index (Phi) is 4.85. The molecule has 4 aliphatic rings. The Morgan fingerprint density at radius 2 is 1.96 bits per heavy atom. The number of likely N-dealkylation sites (tertiary alicyclic amines) is 1. The average molecular weight is 324 g/mol. The molecule has 0 aliphatic carbocycles. The monoisotopic (exact) mass is 324 g/mol. The zero-order valence-corrected chi connectivity index (χ0v) is 13.8. The molecule has 4 heterocycles. The van der Waals surface area contributed by atoms with E-state index < -0.39 is 0 Å². The van der Waals surface area contributed by atoms with E-state index in [1.165, 1.54) is 17.9 Å². The van der Waals surface area contributed by atoms with Crippen LogP contribution in [0.25, 0.3) is 0 Å². The predicted molar refractivity (Wildman–Crippen MR) is 83.7 cm³/mol. The molecule has 23 heavy (non-hydrogen) atoms. The molecular weight excluding hydrogens is 296 g/mol. The standard InChI is InChI=1S/C17H28N2O4/c20-17(19-5-1-7-22-19)15-10-14-2-6-18(12-16(14)23-15)11-13-3-8-21-9-4-13/h13-16H,1-12H2/t14-,15+,16+/m1/s1. The zero-order chi connectivity index (χ0) is 15.6. The summed E-state index contributed by atoms with van der Waals surface area (Å²) < 4.78 is 11.6. The molecule has 4 fully saturated rings. The maximum Gasteiger partial charge on any atom is 0.275 e. The largest absolute Gasteiger partial charge is 0.381 e. The number of carbonyl (C=O) groups excluding carboxylic acids is 1. The van der Waals surface area contributed by atoms with Crippen molar-refractivity contribution in [3.8, 4) is 0 Å². The van der Waals surface area contributed by atoms with Gasteiger partial charge in [0.2, 0.25) is 0 Å². The number of ether oxygens (including phenoxy) is 2. The molecule has 0 radical (unpaired) electrons. The van der Waals surface area contributed by atoms with E-state index in [-0.39, 0.29) is 18.1 Å². The van der Waals surface area contributed by atoms with E-state index >= 15 is 0 Å². The van der Waals surface area contributed by atoms with E-state index in [0.717, 1.165) is 58.0 Å². The Hall–Kier alpha value is -0.690. The van der Waals surface area contributed by atoms with Gasteiger partial charge in [-0.2, -0.15) is 0 Å². The summed E-state index contributed by atoms with van der Waals surface area (Å²) >= 11 is 0. The molecule has 0 aromatic heterocycles. The van der Waals surface area contributed by atoms with Gasteiger partial charge in [-0.15, -0.1) is 0 Å². The van der Waals surface area contributed by atoms with Gasteiger partial charge in [0.1, 0.15) is 6.10 Å². The van der Waals surface area contributed by atoms with E-state index in [0.29, 0.717) is 19.1 Å². The van der Waals surface area contributed by atoms with Crippen molar-refractivity contribution >= 4 is 5.91 Å². The smallest absolute Gasteiger partial charge is 0.275 e. The van der Waals surface area contributed by atoms with Gasteiger partial charge >= 0.3 is 0 Å². The summed E-state index contributed by atoms with van der Waals surface area (Å²) in [6.45, 7) is 6.47. The molecular formula is C17H28N2O4. The van der Waals surface area contributed by atoms with Gasteiger partial charge in [0.15, 0.2) is 0 Å². The van der Waals surface area contributed by atoms with Gasteiger partial charge in [-0.25, -0.2) is 5.06 Å². The fourth-order valence-corrected chi connectivity index (χ4v) is 4.40. The topological polar surface area (TPSA) is 51.2 Å². The Morgan fingerprint density at radius 3 is 2.74 bits per heavy atom. The van der Waals surface area contributed by atoms with Gasteiger partial charge in [0, 0.05) is 26.3 Å². The van der Waals surface area contributed by atoms with Crippen LogP contribution in [0.15, 0.2) is 0 Å². The summed E-state index contributed by atoms with van der Waals surface area (Å²) in [4.78, 5) is 20.4. The second kappa shape index (κ2) is 7.05. The Bertz CT molecular complexity index is 421. The molecule has 0 N–H and O–H groups in total. The molecule has 0 aromatic rings. The van der Waals surface area contributed by atoms with Crippen LogP contribution < -0.4 is 0 Å². The zero-order valence-electron chi connectivity index (χ0n) is 13.8. The highest BCUT2D eigenvalue weighted by molar-refractivity contribution is 5.80. The third-order valence-electron chi connectivity index (χ3n) is 5.77. The number of fused-ring (bicyclic) bond motifs is 1. The first-order chi connectivity index (χ1) is 11.3. The number of nitrogens with zero attached hydrogens (tertiary/aromatic N) is 2. The third kappa shape index (κ3) is 3.55. The quantitative estimate of drug-likeness (QED) is 0.777. The van der Waals surface area contributed by atoms with Crippen molar-refractivity contribution in [3.63, 3.8) is 0 Å². The summed E-state index contributed by atoms with van der Waals surface area (Å²) in [6, 6.07) is 0. The molecule has 6 heteroatoms. The Balaban J connectivity index is 1.28. The van der Waals surface area contributed by atoms with E-state index in [2.05, 4.69) is 4.90 Å². The van der Waals surface area contributed by atoms with Crippen LogP contribution in [0.5, 0.6) is 0 Å². The summed E-state index contributed by atoms with van der Waals surface area (Å²) in [5, 5.41) is 1.52. The number of rotatable bonds is 3. The predicted octanol–water partition coefficient (Wildman–Crippen LogP) is 1.06. The molecule has 0 bridgehead atoms. The summed E-state index contributed by atoms with van der Waals surface area (Å²) in [5.41, 5.74) is 0. The lowest BCUT2D eigenvalue weighted by molar-refractivity contribution is -0.180. The second-order valence-electron chi connectivity index (χ2n) is 7.39. The SMILES string of the molecule is O=C([C@@H]1C[C@H]2CCN(CC3CCOCC3)C[C@@H]2O1)N1CCCO1. The number of hydroxylamine groups is 2. The number of carbonyl (C=O) groups is 1. The van der Waals surface area contributed by atoms with Crippen LogP contribution >= 0.6 is 0 Å². The van der Waals surface area contributed by atoms with E-state index in [4.69, 9.17) is 14.3 Å². The minimum absolute atomic E-state index is 0.0351. The lowest BCUT2D eigenvalue weighted by Gasteiger charge is -2.36. The van der Waals surface area contributed by atoms with Crippen LogP contribution in [-0.2, 0) is 19.1 Å².